The minimum Gasteiger partial charge on any atom is -0.457 e. The summed E-state index contributed by atoms with van der Waals surface area (Å²) in [6.45, 7) is 0. The number of amides is 1. The van der Waals surface area contributed by atoms with Gasteiger partial charge in [-0.2, -0.15) is 0 Å². The van der Waals surface area contributed by atoms with E-state index in [-0.39, 0.29) is 12.2 Å². The van der Waals surface area contributed by atoms with Gasteiger partial charge in [0.05, 0.1) is 17.8 Å². The Bertz CT molecular complexity index is 846. The van der Waals surface area contributed by atoms with Crippen molar-refractivity contribution in [1.29, 1.82) is 0 Å². The Kier molecular flexibility index (Phi) is 4.52. The number of carbonyl (C=O) groups excluding carboxylic acids is 1. The maximum absolute atomic E-state index is 12.9. The number of hydrogen-bond donors (Lipinski definition) is 1. The second kappa shape index (κ2) is 6.91. The van der Waals surface area contributed by atoms with Crippen molar-refractivity contribution in [3.63, 3.8) is 0 Å². The maximum Gasteiger partial charge on any atom is 0.223 e. The molecule has 1 aromatic heterocycles. The molecule has 0 saturated heterocycles. The fourth-order valence-corrected chi connectivity index (χ4v) is 2.25. The van der Waals surface area contributed by atoms with Crippen LogP contribution in [0.3, 0.4) is 0 Å². The topological polar surface area (TPSA) is 65.2 Å². The van der Waals surface area contributed by atoms with E-state index >= 15 is 0 Å². The summed E-state index contributed by atoms with van der Waals surface area (Å²) in [7, 11) is 0. The molecule has 0 spiro atoms. The van der Waals surface area contributed by atoms with Crippen LogP contribution in [0.25, 0.3) is 11.3 Å². The molecule has 2 aromatic carbocycles. The van der Waals surface area contributed by atoms with Crippen molar-refractivity contribution in [1.82, 2.24) is 4.98 Å². The number of hydrogen-bond acceptors (Lipinski definition) is 3. The van der Waals surface area contributed by atoms with Crippen molar-refractivity contribution in [3.05, 3.63) is 78.2 Å². The first-order valence-corrected chi connectivity index (χ1v) is 7.38. The van der Waals surface area contributed by atoms with Gasteiger partial charge in [0.1, 0.15) is 17.3 Å². The van der Waals surface area contributed by atoms with E-state index in [0.29, 0.717) is 17.2 Å². The summed E-state index contributed by atoms with van der Waals surface area (Å²) in [5.74, 6) is 0.478. The number of primary amides is 1. The molecule has 0 radical (unpaired) electrons. The summed E-state index contributed by atoms with van der Waals surface area (Å²) in [6.07, 6.45) is 0.111. The largest absolute Gasteiger partial charge is 0.457 e. The average molecular weight is 322 g/mol. The summed E-state index contributed by atoms with van der Waals surface area (Å²) >= 11 is 0. The molecule has 4 nitrogen and oxygen atoms in total. The molecule has 0 fully saturated rings. The fourth-order valence-electron chi connectivity index (χ4n) is 2.25. The summed E-state index contributed by atoms with van der Waals surface area (Å²) in [5, 5.41) is 0. The number of aromatic nitrogens is 1. The minimum atomic E-state index is -0.414. The minimum absolute atomic E-state index is 0.111. The van der Waals surface area contributed by atoms with Crippen LogP contribution in [-0.2, 0) is 11.2 Å². The molecule has 3 rings (SSSR count). The standard InChI is InChI=1S/C19H15FN2O2/c20-14-6-10-17(11-7-14)24-16-8-4-13(5-9-16)18-3-1-2-15(22-18)12-19(21)23/h1-11H,12H2,(H2,21,23). The predicted molar refractivity (Wildman–Crippen MR) is 89.0 cm³/mol. The number of rotatable bonds is 5. The molecule has 5 heteroatoms. The first-order chi connectivity index (χ1) is 11.6. The third kappa shape index (κ3) is 3.95. The number of pyridine rings is 1. The SMILES string of the molecule is NC(=O)Cc1cccc(-c2ccc(Oc3ccc(F)cc3)cc2)n1. The summed E-state index contributed by atoms with van der Waals surface area (Å²) < 4.78 is 18.5. The highest BCUT2D eigenvalue weighted by molar-refractivity contribution is 5.76. The van der Waals surface area contributed by atoms with Gasteiger partial charge in [-0.05, 0) is 60.7 Å². The van der Waals surface area contributed by atoms with Crippen LogP contribution < -0.4 is 10.5 Å². The third-order valence-electron chi connectivity index (χ3n) is 3.36. The van der Waals surface area contributed by atoms with E-state index in [2.05, 4.69) is 4.98 Å². The molecule has 0 aliphatic heterocycles. The van der Waals surface area contributed by atoms with Crippen LogP contribution in [0.2, 0.25) is 0 Å². The molecule has 1 heterocycles. The van der Waals surface area contributed by atoms with Crippen LogP contribution >= 0.6 is 0 Å². The zero-order valence-electron chi connectivity index (χ0n) is 12.8. The quantitative estimate of drug-likeness (QED) is 0.779. The van der Waals surface area contributed by atoms with Crippen molar-refractivity contribution in [3.8, 4) is 22.8 Å². The molecule has 24 heavy (non-hydrogen) atoms. The Morgan fingerprint density at radius 1 is 0.958 bits per heavy atom. The molecular formula is C19H15FN2O2. The molecule has 0 atom stereocenters. The van der Waals surface area contributed by atoms with Crippen LogP contribution in [-0.4, -0.2) is 10.9 Å². The average Bonchev–Trinajstić information content (AvgIpc) is 2.57. The first-order valence-electron chi connectivity index (χ1n) is 7.38. The highest BCUT2D eigenvalue weighted by Crippen LogP contribution is 2.25. The predicted octanol–water partition coefficient (Wildman–Crippen LogP) is 3.71. The van der Waals surface area contributed by atoms with E-state index in [1.54, 1.807) is 30.3 Å². The van der Waals surface area contributed by atoms with Gasteiger partial charge in [0.2, 0.25) is 5.91 Å². The van der Waals surface area contributed by atoms with E-state index in [0.717, 1.165) is 11.3 Å². The number of benzene rings is 2. The smallest absolute Gasteiger partial charge is 0.223 e. The lowest BCUT2D eigenvalue weighted by Crippen LogP contribution is -2.14. The molecule has 2 N–H and O–H groups in total. The Hall–Kier alpha value is -3.21. The van der Waals surface area contributed by atoms with Gasteiger partial charge in [-0.1, -0.05) is 6.07 Å². The summed E-state index contributed by atoms with van der Waals surface area (Å²) in [6, 6.07) is 18.6. The zero-order valence-corrected chi connectivity index (χ0v) is 12.8. The van der Waals surface area contributed by atoms with Gasteiger partial charge in [-0.25, -0.2) is 4.39 Å². The van der Waals surface area contributed by atoms with E-state index in [4.69, 9.17) is 10.5 Å². The van der Waals surface area contributed by atoms with E-state index in [9.17, 15) is 9.18 Å². The molecule has 3 aromatic rings. The van der Waals surface area contributed by atoms with Gasteiger partial charge >= 0.3 is 0 Å². The van der Waals surface area contributed by atoms with Crippen LogP contribution in [0.15, 0.2) is 66.7 Å². The van der Waals surface area contributed by atoms with Crippen LogP contribution in [0.1, 0.15) is 5.69 Å². The normalized spacial score (nSPS) is 10.4. The van der Waals surface area contributed by atoms with Crippen LogP contribution in [0.5, 0.6) is 11.5 Å². The highest BCUT2D eigenvalue weighted by atomic mass is 19.1. The maximum atomic E-state index is 12.9. The fraction of sp³-hybridized carbons (Fsp3) is 0.0526. The zero-order chi connectivity index (χ0) is 16.9. The number of ether oxygens (including phenoxy) is 1. The van der Waals surface area contributed by atoms with Crippen molar-refractivity contribution < 1.29 is 13.9 Å². The van der Waals surface area contributed by atoms with Crippen molar-refractivity contribution in [2.45, 2.75) is 6.42 Å². The molecule has 1 amide bonds. The summed E-state index contributed by atoms with van der Waals surface area (Å²) in [5.41, 5.74) is 7.48. The van der Waals surface area contributed by atoms with Gasteiger partial charge < -0.3 is 10.5 Å². The monoisotopic (exact) mass is 322 g/mol. The summed E-state index contributed by atoms with van der Waals surface area (Å²) in [4.78, 5) is 15.4. The number of nitrogens with two attached hydrogens (primary N) is 1. The lowest BCUT2D eigenvalue weighted by Gasteiger charge is -2.07. The second-order valence-corrected chi connectivity index (χ2v) is 5.24. The van der Waals surface area contributed by atoms with Crippen molar-refractivity contribution >= 4 is 5.91 Å². The molecule has 0 saturated carbocycles. The van der Waals surface area contributed by atoms with E-state index in [1.807, 2.05) is 24.3 Å². The Labute approximate surface area is 138 Å². The van der Waals surface area contributed by atoms with Crippen molar-refractivity contribution in [2.24, 2.45) is 5.73 Å². The lowest BCUT2D eigenvalue weighted by atomic mass is 10.1. The Balaban J connectivity index is 1.76. The first kappa shape index (κ1) is 15.7. The second-order valence-electron chi connectivity index (χ2n) is 5.24. The van der Waals surface area contributed by atoms with Gasteiger partial charge in [0, 0.05) is 5.56 Å². The number of halogens is 1. The van der Waals surface area contributed by atoms with Crippen LogP contribution in [0.4, 0.5) is 4.39 Å². The van der Waals surface area contributed by atoms with Gasteiger partial charge in [-0.3, -0.25) is 9.78 Å². The molecular weight excluding hydrogens is 307 g/mol. The highest BCUT2D eigenvalue weighted by Gasteiger charge is 2.05. The van der Waals surface area contributed by atoms with E-state index in [1.165, 1.54) is 12.1 Å². The number of nitrogens with zero attached hydrogens (tertiary/aromatic N) is 1. The third-order valence-corrected chi connectivity index (χ3v) is 3.36. The molecule has 0 unspecified atom stereocenters. The Morgan fingerprint density at radius 3 is 2.21 bits per heavy atom. The van der Waals surface area contributed by atoms with Gasteiger partial charge in [-0.15, -0.1) is 0 Å². The molecule has 0 aliphatic rings. The van der Waals surface area contributed by atoms with Gasteiger partial charge in [0.15, 0.2) is 0 Å². The lowest BCUT2D eigenvalue weighted by molar-refractivity contribution is -0.117. The number of carbonyl (C=O) groups is 1. The van der Waals surface area contributed by atoms with E-state index < -0.39 is 5.91 Å². The van der Waals surface area contributed by atoms with Crippen molar-refractivity contribution in [2.75, 3.05) is 0 Å². The van der Waals surface area contributed by atoms with Gasteiger partial charge in [0.25, 0.3) is 0 Å². The van der Waals surface area contributed by atoms with Crippen LogP contribution in [0, 0.1) is 5.82 Å². The molecule has 0 aliphatic carbocycles. The molecule has 120 valence electrons. The Morgan fingerprint density at radius 2 is 1.58 bits per heavy atom. The molecule has 0 bridgehead atoms.